The number of nitrogens with zero attached hydrogens (tertiary/aromatic N) is 3. The van der Waals surface area contributed by atoms with Gasteiger partial charge >= 0.3 is 0 Å². The predicted octanol–water partition coefficient (Wildman–Crippen LogP) is 4.54. The number of thiazole rings is 1. The molecule has 0 amide bonds. The summed E-state index contributed by atoms with van der Waals surface area (Å²) in [6.45, 7) is 0. The van der Waals surface area contributed by atoms with E-state index in [0.29, 0.717) is 21.3 Å². The van der Waals surface area contributed by atoms with Crippen molar-refractivity contribution in [3.8, 4) is 11.3 Å². The summed E-state index contributed by atoms with van der Waals surface area (Å²) in [5.41, 5.74) is 2.18. The fourth-order valence-electron chi connectivity index (χ4n) is 2.45. The van der Waals surface area contributed by atoms with Crippen LogP contribution in [-0.2, 0) is 17.1 Å². The highest BCUT2D eigenvalue weighted by Crippen LogP contribution is 2.29. The minimum Gasteiger partial charge on any atom is -0.320 e. The van der Waals surface area contributed by atoms with E-state index in [4.69, 9.17) is 23.2 Å². The van der Waals surface area contributed by atoms with E-state index in [9.17, 15) is 8.42 Å². The lowest BCUT2D eigenvalue weighted by atomic mass is 10.2. The monoisotopic (exact) mass is 441 g/mol. The first-order valence-electron chi connectivity index (χ1n) is 7.87. The van der Waals surface area contributed by atoms with E-state index >= 15 is 0 Å². The maximum atomic E-state index is 12.5. The molecule has 5 nitrogen and oxygen atoms in total. The molecule has 0 N–H and O–H groups in total. The third-order valence-electron chi connectivity index (χ3n) is 3.94. The van der Waals surface area contributed by atoms with Crippen LogP contribution in [0.15, 0.2) is 57.7 Å². The predicted molar refractivity (Wildman–Crippen MR) is 111 cm³/mol. The van der Waals surface area contributed by atoms with Crippen LogP contribution < -0.4 is 4.80 Å². The molecule has 0 aliphatic rings. The lowest BCUT2D eigenvalue weighted by molar-refractivity contribution is 0.521. The molecule has 0 aliphatic carbocycles. The summed E-state index contributed by atoms with van der Waals surface area (Å²) in [7, 11) is 1.25. The summed E-state index contributed by atoms with van der Waals surface area (Å²) in [5.74, 6) is 0. The second kappa shape index (κ2) is 7.77. The van der Waals surface area contributed by atoms with Crippen molar-refractivity contribution in [3.63, 3.8) is 0 Å². The molecule has 142 valence electrons. The molecule has 0 aliphatic heterocycles. The average Bonchev–Trinajstić information content (AvgIpc) is 2.97. The molecule has 0 saturated carbocycles. The molecule has 3 aromatic rings. The Kier molecular flexibility index (Phi) is 5.79. The Morgan fingerprint density at radius 2 is 1.81 bits per heavy atom. The highest BCUT2D eigenvalue weighted by molar-refractivity contribution is 7.89. The Hall–Kier alpha value is -1.64. The van der Waals surface area contributed by atoms with E-state index in [1.165, 1.54) is 31.5 Å². The smallest absolute Gasteiger partial charge is 0.242 e. The van der Waals surface area contributed by atoms with Gasteiger partial charge in [-0.3, -0.25) is 0 Å². The maximum absolute atomic E-state index is 12.5. The number of benzene rings is 2. The SMILES string of the molecule is CN(C)S(=O)(=O)c1cc(Cl)cc(-c2cs/c(=N/c3ccccc3Cl)n2C)c1. The van der Waals surface area contributed by atoms with E-state index in [1.54, 1.807) is 18.2 Å². The van der Waals surface area contributed by atoms with Gasteiger partial charge in [0, 0.05) is 37.1 Å². The van der Waals surface area contributed by atoms with Crippen molar-refractivity contribution < 1.29 is 8.42 Å². The van der Waals surface area contributed by atoms with Crippen molar-refractivity contribution in [2.24, 2.45) is 12.0 Å². The van der Waals surface area contributed by atoms with Crippen molar-refractivity contribution in [1.29, 1.82) is 0 Å². The van der Waals surface area contributed by atoms with Crippen LogP contribution in [0.2, 0.25) is 10.0 Å². The Bertz CT molecular complexity index is 1170. The standard InChI is InChI=1S/C18H17Cl2N3O2S2/c1-22(2)27(24,25)14-9-12(8-13(19)10-14)17-11-26-18(23(17)3)21-16-7-5-4-6-15(16)20/h4-11H,1-3H3/b21-18+. The number of rotatable bonds is 4. The molecule has 0 bridgehead atoms. The first-order valence-corrected chi connectivity index (χ1v) is 10.9. The van der Waals surface area contributed by atoms with Gasteiger partial charge in [0.05, 0.1) is 21.3 Å². The molecule has 0 saturated heterocycles. The molecule has 0 spiro atoms. The fraction of sp³-hybridized carbons (Fsp3) is 0.167. The van der Waals surface area contributed by atoms with Gasteiger partial charge in [0.15, 0.2) is 4.80 Å². The van der Waals surface area contributed by atoms with Crippen molar-refractivity contribution in [3.05, 3.63) is 62.7 Å². The second-order valence-corrected chi connectivity index (χ2v) is 9.82. The number of sulfonamides is 1. The van der Waals surface area contributed by atoms with E-state index in [0.717, 1.165) is 14.8 Å². The number of aromatic nitrogens is 1. The minimum absolute atomic E-state index is 0.144. The molecule has 9 heteroatoms. The number of halogens is 2. The summed E-state index contributed by atoms with van der Waals surface area (Å²) >= 11 is 13.8. The van der Waals surface area contributed by atoms with Gasteiger partial charge in [-0.25, -0.2) is 17.7 Å². The van der Waals surface area contributed by atoms with E-state index in [-0.39, 0.29) is 4.90 Å². The number of para-hydroxylation sites is 1. The first kappa shape index (κ1) is 20.1. The Labute approximate surface area is 172 Å². The van der Waals surface area contributed by atoms with Crippen molar-refractivity contribution in [2.45, 2.75) is 4.90 Å². The zero-order chi connectivity index (χ0) is 19.8. The molecule has 1 heterocycles. The molecular weight excluding hydrogens is 425 g/mol. The van der Waals surface area contributed by atoms with Gasteiger partial charge in [0.2, 0.25) is 10.0 Å². The van der Waals surface area contributed by atoms with Gasteiger partial charge in [-0.15, -0.1) is 11.3 Å². The lowest BCUT2D eigenvalue weighted by Crippen LogP contribution is -2.22. The van der Waals surface area contributed by atoms with Crippen LogP contribution in [0.3, 0.4) is 0 Å². The van der Waals surface area contributed by atoms with Crippen LogP contribution in [0.4, 0.5) is 5.69 Å². The largest absolute Gasteiger partial charge is 0.320 e. The Balaban J connectivity index is 2.13. The topological polar surface area (TPSA) is 54.7 Å². The summed E-state index contributed by atoms with van der Waals surface area (Å²) in [4.78, 5) is 5.47. The van der Waals surface area contributed by atoms with Crippen LogP contribution in [0.1, 0.15) is 0 Å². The molecule has 0 unspecified atom stereocenters. The summed E-state index contributed by atoms with van der Waals surface area (Å²) < 4.78 is 28.0. The van der Waals surface area contributed by atoms with Gasteiger partial charge in [0.25, 0.3) is 0 Å². The fourth-order valence-corrected chi connectivity index (χ4v) is 4.82. The van der Waals surface area contributed by atoms with E-state index in [2.05, 4.69) is 4.99 Å². The third-order valence-corrected chi connectivity index (χ3v) is 7.19. The molecule has 1 aromatic heterocycles. The Morgan fingerprint density at radius 1 is 1.11 bits per heavy atom. The molecule has 27 heavy (non-hydrogen) atoms. The molecule has 0 radical (unpaired) electrons. The van der Waals surface area contributed by atoms with Crippen LogP contribution in [0.25, 0.3) is 11.3 Å². The second-order valence-electron chi connectivity index (χ2n) is 5.99. The van der Waals surface area contributed by atoms with Crippen molar-refractivity contribution in [2.75, 3.05) is 14.1 Å². The maximum Gasteiger partial charge on any atom is 0.242 e. The third kappa shape index (κ3) is 4.12. The van der Waals surface area contributed by atoms with E-state index < -0.39 is 10.0 Å². The highest BCUT2D eigenvalue weighted by atomic mass is 35.5. The first-order chi connectivity index (χ1) is 12.7. The van der Waals surface area contributed by atoms with Crippen LogP contribution in [0.5, 0.6) is 0 Å². The zero-order valence-electron chi connectivity index (χ0n) is 14.8. The van der Waals surface area contributed by atoms with Crippen molar-refractivity contribution >= 4 is 50.2 Å². The lowest BCUT2D eigenvalue weighted by Gasteiger charge is -2.13. The van der Waals surface area contributed by atoms with Crippen LogP contribution in [0, 0.1) is 0 Å². The van der Waals surface area contributed by atoms with Gasteiger partial charge in [-0.2, -0.15) is 0 Å². The molecule has 0 fully saturated rings. The van der Waals surface area contributed by atoms with Crippen LogP contribution in [-0.4, -0.2) is 31.4 Å². The van der Waals surface area contributed by atoms with Crippen LogP contribution >= 0.6 is 34.5 Å². The quantitative estimate of drug-likeness (QED) is 0.596. The molecule has 2 aromatic carbocycles. The van der Waals surface area contributed by atoms with Gasteiger partial charge in [0.1, 0.15) is 0 Å². The molecule has 0 atom stereocenters. The summed E-state index contributed by atoms with van der Waals surface area (Å²) in [5, 5.41) is 2.83. The molecule has 3 rings (SSSR count). The van der Waals surface area contributed by atoms with Gasteiger partial charge < -0.3 is 4.57 Å². The zero-order valence-corrected chi connectivity index (χ0v) is 18.0. The average molecular weight is 442 g/mol. The number of hydrogen-bond donors (Lipinski definition) is 0. The normalized spacial score (nSPS) is 12.7. The molecular formula is C18H17Cl2N3O2S2. The number of hydrogen-bond acceptors (Lipinski definition) is 4. The highest BCUT2D eigenvalue weighted by Gasteiger charge is 2.19. The van der Waals surface area contributed by atoms with Gasteiger partial charge in [-0.05, 0) is 30.3 Å². The van der Waals surface area contributed by atoms with E-state index in [1.807, 2.05) is 35.2 Å². The van der Waals surface area contributed by atoms with Gasteiger partial charge in [-0.1, -0.05) is 35.3 Å². The summed E-state index contributed by atoms with van der Waals surface area (Å²) in [6.07, 6.45) is 0. The Morgan fingerprint density at radius 3 is 2.48 bits per heavy atom. The minimum atomic E-state index is -3.59. The van der Waals surface area contributed by atoms with Crippen molar-refractivity contribution in [1.82, 2.24) is 8.87 Å². The summed E-state index contributed by atoms with van der Waals surface area (Å²) in [6, 6.07) is 12.1.